The van der Waals surface area contributed by atoms with Crippen LogP contribution < -0.4 is 5.73 Å². The monoisotopic (exact) mass is 491 g/mol. The summed E-state index contributed by atoms with van der Waals surface area (Å²) in [6, 6.07) is 0. The first kappa shape index (κ1) is 32.0. The molecule has 0 aromatic carbocycles. The standard InChI is InChI=1S/C24H46NO7P/c1-3-4-5-6-7-8-9-10-11-12-13-14-15-16-17-19-29-21-24(32-23(2)26)22-31-33(27,28)30-20-18-25/h6-7,9-10,24H,3-5,8,11-22,25H2,1-2H3,(H,27,28)/b7-6-,10-9-. The minimum Gasteiger partial charge on any atom is -0.458 e. The van der Waals surface area contributed by atoms with Gasteiger partial charge in [0.25, 0.3) is 0 Å². The Morgan fingerprint density at radius 2 is 1.55 bits per heavy atom. The normalized spacial score (nSPS) is 14.7. The zero-order valence-electron chi connectivity index (χ0n) is 20.6. The number of carbonyl (C=O) groups excluding carboxylic acids is 1. The minimum atomic E-state index is -4.22. The molecule has 0 rings (SSSR count). The van der Waals surface area contributed by atoms with Crippen LogP contribution >= 0.6 is 7.82 Å². The van der Waals surface area contributed by atoms with E-state index in [0.29, 0.717) is 6.61 Å². The molecule has 8 nitrogen and oxygen atoms in total. The third-order valence-corrected chi connectivity index (χ3v) is 5.66. The van der Waals surface area contributed by atoms with Crippen molar-refractivity contribution in [2.24, 2.45) is 5.73 Å². The molecule has 194 valence electrons. The average Bonchev–Trinajstić information content (AvgIpc) is 2.77. The molecular weight excluding hydrogens is 445 g/mol. The van der Waals surface area contributed by atoms with Crippen molar-refractivity contribution in [1.82, 2.24) is 0 Å². The lowest BCUT2D eigenvalue weighted by Crippen LogP contribution is -2.27. The van der Waals surface area contributed by atoms with Crippen molar-refractivity contribution in [2.75, 3.05) is 33.0 Å². The van der Waals surface area contributed by atoms with Gasteiger partial charge in [0, 0.05) is 20.1 Å². The number of phosphoric acid groups is 1. The van der Waals surface area contributed by atoms with Crippen LogP contribution in [0.3, 0.4) is 0 Å². The van der Waals surface area contributed by atoms with Gasteiger partial charge >= 0.3 is 13.8 Å². The maximum Gasteiger partial charge on any atom is 0.472 e. The van der Waals surface area contributed by atoms with Crippen LogP contribution in [0.4, 0.5) is 0 Å². The number of hydrogen-bond donors (Lipinski definition) is 2. The number of esters is 1. The number of hydrogen-bond acceptors (Lipinski definition) is 7. The van der Waals surface area contributed by atoms with Gasteiger partial charge in [0.2, 0.25) is 0 Å². The van der Waals surface area contributed by atoms with Gasteiger partial charge in [-0.2, -0.15) is 0 Å². The highest BCUT2D eigenvalue weighted by molar-refractivity contribution is 7.47. The summed E-state index contributed by atoms with van der Waals surface area (Å²) in [4.78, 5) is 20.7. The molecule has 0 aliphatic rings. The molecule has 0 amide bonds. The highest BCUT2D eigenvalue weighted by Crippen LogP contribution is 2.43. The number of allylic oxidation sites excluding steroid dienone is 4. The third-order valence-electron chi connectivity index (χ3n) is 4.67. The zero-order valence-corrected chi connectivity index (χ0v) is 21.5. The van der Waals surface area contributed by atoms with Crippen molar-refractivity contribution >= 4 is 13.8 Å². The molecule has 0 aliphatic carbocycles. The fourth-order valence-electron chi connectivity index (χ4n) is 2.95. The quantitative estimate of drug-likeness (QED) is 0.0838. The Morgan fingerprint density at radius 1 is 0.909 bits per heavy atom. The van der Waals surface area contributed by atoms with Crippen molar-refractivity contribution in [2.45, 2.75) is 90.6 Å². The van der Waals surface area contributed by atoms with E-state index in [0.717, 1.165) is 32.1 Å². The molecule has 2 unspecified atom stereocenters. The molecule has 0 aliphatic heterocycles. The molecule has 3 N–H and O–H groups in total. The number of unbranched alkanes of at least 4 members (excludes halogenated alkanes) is 8. The van der Waals surface area contributed by atoms with Gasteiger partial charge in [-0.25, -0.2) is 4.57 Å². The number of phosphoric ester groups is 1. The lowest BCUT2D eigenvalue weighted by Gasteiger charge is -2.19. The summed E-state index contributed by atoms with van der Waals surface area (Å²) >= 11 is 0. The van der Waals surface area contributed by atoms with E-state index in [-0.39, 0.29) is 26.4 Å². The third kappa shape index (κ3) is 23.9. The summed E-state index contributed by atoms with van der Waals surface area (Å²) < 4.78 is 31.8. The van der Waals surface area contributed by atoms with Gasteiger partial charge < -0.3 is 20.1 Å². The largest absolute Gasteiger partial charge is 0.472 e. The van der Waals surface area contributed by atoms with E-state index in [1.54, 1.807) is 0 Å². The Morgan fingerprint density at radius 3 is 2.18 bits per heavy atom. The van der Waals surface area contributed by atoms with E-state index in [1.165, 1.54) is 45.4 Å². The van der Waals surface area contributed by atoms with Gasteiger partial charge in [0.15, 0.2) is 0 Å². The lowest BCUT2D eigenvalue weighted by atomic mass is 10.1. The molecule has 2 atom stereocenters. The van der Waals surface area contributed by atoms with Crippen molar-refractivity contribution in [3.05, 3.63) is 24.3 Å². The van der Waals surface area contributed by atoms with E-state index in [1.807, 2.05) is 0 Å². The predicted octanol–water partition coefficient (Wildman–Crippen LogP) is 5.45. The SMILES string of the molecule is CCCC/C=C\C/C=C\CCCCCCCCOCC(COP(=O)(O)OCCN)OC(C)=O. The van der Waals surface area contributed by atoms with Gasteiger partial charge in [-0.05, 0) is 32.1 Å². The van der Waals surface area contributed by atoms with Crippen molar-refractivity contribution in [3.63, 3.8) is 0 Å². The van der Waals surface area contributed by atoms with Gasteiger partial charge in [-0.3, -0.25) is 13.8 Å². The first-order chi connectivity index (χ1) is 15.9. The number of carbonyl (C=O) groups is 1. The van der Waals surface area contributed by atoms with Crippen molar-refractivity contribution < 1.29 is 32.8 Å². The summed E-state index contributed by atoms with van der Waals surface area (Å²) in [5.41, 5.74) is 5.23. The predicted molar refractivity (Wildman–Crippen MR) is 132 cm³/mol. The van der Waals surface area contributed by atoms with E-state index in [4.69, 9.17) is 19.7 Å². The second-order valence-corrected chi connectivity index (χ2v) is 9.38. The number of ether oxygens (including phenoxy) is 2. The second kappa shape index (κ2) is 22.8. The van der Waals surface area contributed by atoms with Crippen LogP contribution in [-0.4, -0.2) is 49.9 Å². The van der Waals surface area contributed by atoms with Crippen LogP contribution in [0.1, 0.15) is 84.5 Å². The van der Waals surface area contributed by atoms with Crippen LogP contribution in [-0.2, 0) is 27.9 Å². The Kier molecular flexibility index (Phi) is 22.1. The fourth-order valence-corrected chi connectivity index (χ4v) is 3.72. The van der Waals surface area contributed by atoms with Crippen LogP contribution in [0.5, 0.6) is 0 Å². The molecule has 0 saturated carbocycles. The van der Waals surface area contributed by atoms with Crippen molar-refractivity contribution in [1.29, 1.82) is 0 Å². The summed E-state index contributed by atoms with van der Waals surface area (Å²) in [6.45, 7) is 3.81. The van der Waals surface area contributed by atoms with E-state index in [9.17, 15) is 14.3 Å². The van der Waals surface area contributed by atoms with Crippen LogP contribution in [0.25, 0.3) is 0 Å². The first-order valence-electron chi connectivity index (χ1n) is 12.3. The van der Waals surface area contributed by atoms with E-state index in [2.05, 4.69) is 35.8 Å². The van der Waals surface area contributed by atoms with Crippen molar-refractivity contribution in [3.8, 4) is 0 Å². The van der Waals surface area contributed by atoms with E-state index >= 15 is 0 Å². The maximum atomic E-state index is 11.7. The maximum absolute atomic E-state index is 11.7. The Balaban J connectivity index is 3.71. The molecule has 0 fully saturated rings. The molecule has 9 heteroatoms. The highest BCUT2D eigenvalue weighted by atomic mass is 31.2. The average molecular weight is 492 g/mol. The molecule has 0 radical (unpaired) electrons. The molecule has 0 heterocycles. The summed E-state index contributed by atoms with van der Waals surface area (Å²) in [5, 5.41) is 0. The Hall–Kier alpha value is -1.02. The molecule has 33 heavy (non-hydrogen) atoms. The molecule has 0 spiro atoms. The van der Waals surface area contributed by atoms with Crippen LogP contribution in [0, 0.1) is 0 Å². The number of nitrogens with two attached hydrogens (primary N) is 1. The first-order valence-corrected chi connectivity index (χ1v) is 13.8. The highest BCUT2D eigenvalue weighted by Gasteiger charge is 2.24. The molecule has 0 bridgehead atoms. The Labute approximate surface area is 200 Å². The summed E-state index contributed by atoms with van der Waals surface area (Å²) in [7, 11) is -4.22. The topological polar surface area (TPSA) is 117 Å². The second-order valence-electron chi connectivity index (χ2n) is 7.92. The number of rotatable bonds is 23. The lowest BCUT2D eigenvalue weighted by molar-refractivity contribution is -0.151. The van der Waals surface area contributed by atoms with Crippen LogP contribution in [0.2, 0.25) is 0 Å². The van der Waals surface area contributed by atoms with Crippen LogP contribution in [0.15, 0.2) is 24.3 Å². The van der Waals surface area contributed by atoms with Gasteiger partial charge in [0.1, 0.15) is 6.10 Å². The molecular formula is C24H46NO7P. The van der Waals surface area contributed by atoms with Gasteiger partial charge in [-0.1, -0.05) is 69.8 Å². The summed E-state index contributed by atoms with van der Waals surface area (Å²) in [6.07, 6.45) is 21.0. The smallest absolute Gasteiger partial charge is 0.458 e. The molecule has 0 aromatic heterocycles. The fraction of sp³-hybridized carbons (Fsp3) is 0.792. The molecule has 0 saturated heterocycles. The summed E-state index contributed by atoms with van der Waals surface area (Å²) in [5.74, 6) is -0.513. The minimum absolute atomic E-state index is 0.0938. The molecule has 0 aromatic rings. The van der Waals surface area contributed by atoms with Gasteiger partial charge in [0.05, 0.1) is 19.8 Å². The van der Waals surface area contributed by atoms with Gasteiger partial charge in [-0.15, -0.1) is 0 Å². The van der Waals surface area contributed by atoms with E-state index < -0.39 is 19.9 Å². The Bertz CT molecular complexity index is 569. The zero-order chi connectivity index (χ0) is 24.6.